The van der Waals surface area contributed by atoms with Gasteiger partial charge in [0.15, 0.2) is 5.78 Å². The average molecular weight is 385 g/mol. The van der Waals surface area contributed by atoms with Crippen LogP contribution in [0.2, 0.25) is 0 Å². The smallest absolute Gasteiger partial charge is 0.220 e. The molecule has 0 saturated carbocycles. The van der Waals surface area contributed by atoms with Gasteiger partial charge in [0, 0.05) is 31.0 Å². The summed E-state index contributed by atoms with van der Waals surface area (Å²) in [7, 11) is 4.80. The van der Waals surface area contributed by atoms with E-state index in [9.17, 15) is 9.59 Å². The molecule has 150 valence electrons. The Bertz CT molecular complexity index is 786. The monoisotopic (exact) mass is 385 g/mol. The number of hydrogen-bond acceptors (Lipinski definition) is 5. The maximum Gasteiger partial charge on any atom is 0.220 e. The molecule has 0 aliphatic heterocycles. The molecule has 28 heavy (non-hydrogen) atoms. The van der Waals surface area contributed by atoms with Gasteiger partial charge in [-0.3, -0.25) is 9.59 Å². The lowest BCUT2D eigenvalue weighted by atomic mass is 10.1. The van der Waals surface area contributed by atoms with Gasteiger partial charge in [0.05, 0.1) is 21.3 Å². The van der Waals surface area contributed by atoms with Gasteiger partial charge in [-0.25, -0.2) is 0 Å². The second kappa shape index (κ2) is 11.0. The highest BCUT2D eigenvalue weighted by atomic mass is 16.5. The Kier molecular flexibility index (Phi) is 8.34. The summed E-state index contributed by atoms with van der Waals surface area (Å²) in [6, 6.07) is 12.6. The maximum absolute atomic E-state index is 12.2. The number of rotatable bonds is 11. The van der Waals surface area contributed by atoms with Crippen LogP contribution in [0, 0.1) is 0 Å². The van der Waals surface area contributed by atoms with Crippen LogP contribution in [0.15, 0.2) is 42.5 Å². The van der Waals surface area contributed by atoms with Gasteiger partial charge in [-0.2, -0.15) is 0 Å². The average Bonchev–Trinajstić information content (AvgIpc) is 2.73. The number of hydrogen-bond donors (Lipinski definition) is 1. The van der Waals surface area contributed by atoms with E-state index in [0.717, 1.165) is 17.1 Å². The molecule has 0 spiro atoms. The highest BCUT2D eigenvalue weighted by Crippen LogP contribution is 2.24. The second-order valence-corrected chi connectivity index (χ2v) is 6.28. The highest BCUT2D eigenvalue weighted by molar-refractivity contribution is 5.96. The van der Waals surface area contributed by atoms with Crippen LogP contribution in [0.3, 0.4) is 0 Å². The molecule has 6 nitrogen and oxygen atoms in total. The van der Waals surface area contributed by atoms with Crippen LogP contribution in [-0.2, 0) is 11.2 Å². The first kappa shape index (κ1) is 21.3. The highest BCUT2D eigenvalue weighted by Gasteiger charge is 2.09. The van der Waals surface area contributed by atoms with Gasteiger partial charge in [0.1, 0.15) is 17.2 Å². The number of carbonyl (C=O) groups excluding carboxylic acids is 2. The van der Waals surface area contributed by atoms with Gasteiger partial charge in [0.2, 0.25) is 5.91 Å². The van der Waals surface area contributed by atoms with Crippen molar-refractivity contribution < 1.29 is 23.8 Å². The Morgan fingerprint density at radius 1 is 0.857 bits per heavy atom. The molecule has 2 aromatic carbocycles. The fourth-order valence-electron chi connectivity index (χ4n) is 2.81. The molecule has 0 unspecified atom stereocenters. The van der Waals surface area contributed by atoms with Crippen LogP contribution >= 0.6 is 0 Å². The summed E-state index contributed by atoms with van der Waals surface area (Å²) in [5, 5.41) is 2.89. The molecule has 1 N–H and O–H groups in total. The standard InChI is InChI=1S/C22H27NO5/c1-26-18-10-7-16(8-11-18)20(24)5-4-6-22(25)23-14-13-17-9-12-19(27-2)15-21(17)28-3/h7-12,15H,4-6,13-14H2,1-3H3,(H,23,25). The van der Waals surface area contributed by atoms with Crippen molar-refractivity contribution in [2.45, 2.75) is 25.7 Å². The Morgan fingerprint density at radius 3 is 2.18 bits per heavy atom. The minimum atomic E-state index is -0.0602. The van der Waals surface area contributed by atoms with Crippen LogP contribution < -0.4 is 19.5 Å². The molecule has 6 heteroatoms. The molecule has 0 radical (unpaired) electrons. The molecule has 0 aromatic heterocycles. The van der Waals surface area contributed by atoms with E-state index in [1.807, 2.05) is 18.2 Å². The van der Waals surface area contributed by atoms with Gasteiger partial charge in [-0.15, -0.1) is 0 Å². The molecule has 0 bridgehead atoms. The fraction of sp³-hybridized carbons (Fsp3) is 0.364. The van der Waals surface area contributed by atoms with Crippen LogP contribution in [0.4, 0.5) is 0 Å². The van der Waals surface area contributed by atoms with Crippen molar-refractivity contribution >= 4 is 11.7 Å². The van der Waals surface area contributed by atoms with E-state index in [-0.39, 0.29) is 11.7 Å². The summed E-state index contributed by atoms with van der Waals surface area (Å²) in [5.74, 6) is 2.14. The van der Waals surface area contributed by atoms with Crippen molar-refractivity contribution in [1.82, 2.24) is 5.32 Å². The van der Waals surface area contributed by atoms with Crippen molar-refractivity contribution in [1.29, 1.82) is 0 Å². The van der Waals surface area contributed by atoms with Gasteiger partial charge < -0.3 is 19.5 Å². The zero-order valence-electron chi connectivity index (χ0n) is 16.6. The van der Waals surface area contributed by atoms with Gasteiger partial charge >= 0.3 is 0 Å². The summed E-state index contributed by atoms with van der Waals surface area (Å²) in [6.07, 6.45) is 1.83. The predicted octanol–water partition coefficient (Wildman–Crippen LogP) is 3.42. The lowest BCUT2D eigenvalue weighted by Crippen LogP contribution is -2.25. The Balaban J connectivity index is 1.70. The van der Waals surface area contributed by atoms with Crippen LogP contribution in [0.25, 0.3) is 0 Å². The lowest BCUT2D eigenvalue weighted by Gasteiger charge is -2.11. The van der Waals surface area contributed by atoms with Crippen LogP contribution in [-0.4, -0.2) is 39.6 Å². The Morgan fingerprint density at radius 2 is 1.54 bits per heavy atom. The summed E-state index contributed by atoms with van der Waals surface area (Å²) < 4.78 is 15.6. The molecule has 2 aromatic rings. The molecule has 0 atom stereocenters. The number of Topliss-reactive ketones (excluding diaryl/α,β-unsaturated/α-hetero) is 1. The van der Waals surface area contributed by atoms with Gasteiger partial charge in [-0.05, 0) is 48.7 Å². The van der Waals surface area contributed by atoms with Crippen molar-refractivity contribution in [3.8, 4) is 17.2 Å². The van der Waals surface area contributed by atoms with E-state index in [1.165, 1.54) is 0 Å². The Hall–Kier alpha value is -3.02. The molecule has 2 rings (SSSR count). The third-order valence-corrected chi connectivity index (χ3v) is 4.43. The number of amides is 1. The fourth-order valence-corrected chi connectivity index (χ4v) is 2.81. The summed E-state index contributed by atoms with van der Waals surface area (Å²) in [6.45, 7) is 0.508. The first-order valence-electron chi connectivity index (χ1n) is 9.22. The third kappa shape index (κ3) is 6.30. The third-order valence-electron chi connectivity index (χ3n) is 4.43. The molecule has 0 aliphatic rings. The Labute approximate surface area is 165 Å². The van der Waals surface area contributed by atoms with E-state index in [1.54, 1.807) is 45.6 Å². The van der Waals surface area contributed by atoms with Gasteiger partial charge in [-0.1, -0.05) is 6.07 Å². The minimum Gasteiger partial charge on any atom is -0.497 e. The summed E-state index contributed by atoms with van der Waals surface area (Å²) in [4.78, 5) is 24.2. The van der Waals surface area contributed by atoms with Crippen molar-refractivity contribution in [3.05, 3.63) is 53.6 Å². The molecule has 0 fully saturated rings. The summed E-state index contributed by atoms with van der Waals surface area (Å²) in [5.41, 5.74) is 1.63. The van der Waals surface area contributed by atoms with Gasteiger partial charge in [0.25, 0.3) is 0 Å². The molecule has 0 saturated heterocycles. The number of nitrogens with one attached hydrogen (secondary N) is 1. The summed E-state index contributed by atoms with van der Waals surface area (Å²) >= 11 is 0. The molecule has 0 aliphatic carbocycles. The molecule has 1 amide bonds. The zero-order chi connectivity index (χ0) is 20.4. The number of carbonyl (C=O) groups is 2. The van der Waals surface area contributed by atoms with E-state index >= 15 is 0 Å². The van der Waals surface area contributed by atoms with E-state index in [0.29, 0.717) is 43.5 Å². The zero-order valence-corrected chi connectivity index (χ0v) is 16.6. The maximum atomic E-state index is 12.2. The van der Waals surface area contributed by atoms with E-state index in [2.05, 4.69) is 5.32 Å². The molecule has 0 heterocycles. The number of ether oxygens (including phenoxy) is 3. The number of ketones is 1. The lowest BCUT2D eigenvalue weighted by molar-refractivity contribution is -0.121. The van der Waals surface area contributed by atoms with E-state index in [4.69, 9.17) is 14.2 Å². The molecular formula is C22H27NO5. The van der Waals surface area contributed by atoms with E-state index < -0.39 is 0 Å². The van der Waals surface area contributed by atoms with Crippen molar-refractivity contribution in [3.63, 3.8) is 0 Å². The molecular weight excluding hydrogens is 358 g/mol. The predicted molar refractivity (Wildman–Crippen MR) is 107 cm³/mol. The number of benzene rings is 2. The largest absolute Gasteiger partial charge is 0.497 e. The topological polar surface area (TPSA) is 73.9 Å². The first-order valence-corrected chi connectivity index (χ1v) is 9.22. The minimum absolute atomic E-state index is 0.0263. The SMILES string of the molecule is COc1ccc(C(=O)CCCC(=O)NCCc2ccc(OC)cc2OC)cc1. The van der Waals surface area contributed by atoms with Crippen LogP contribution in [0.1, 0.15) is 35.2 Å². The van der Waals surface area contributed by atoms with Crippen molar-refractivity contribution in [2.75, 3.05) is 27.9 Å². The quantitative estimate of drug-likeness (QED) is 0.600. The van der Waals surface area contributed by atoms with Crippen molar-refractivity contribution in [2.24, 2.45) is 0 Å². The van der Waals surface area contributed by atoms with Crippen LogP contribution in [0.5, 0.6) is 17.2 Å². The normalized spacial score (nSPS) is 10.2. The number of methoxy groups -OCH3 is 3. The first-order chi connectivity index (χ1) is 13.6. The second-order valence-electron chi connectivity index (χ2n) is 6.28.